The Morgan fingerprint density at radius 2 is 1.39 bits per heavy atom. The zero-order chi connectivity index (χ0) is 31.1. The molecule has 234 valence electrons. The second-order valence-electron chi connectivity index (χ2n) is 11.3. The molecule has 2 fully saturated rings. The molecule has 2 aliphatic rings. The highest BCUT2D eigenvalue weighted by Gasteiger charge is 2.34. The highest BCUT2D eigenvalue weighted by molar-refractivity contribution is 6.30. The molecule has 4 unspecified atom stereocenters. The molecule has 2 aromatic heterocycles. The van der Waals surface area contributed by atoms with E-state index in [-0.39, 0.29) is 29.2 Å². The maximum Gasteiger partial charge on any atom is 0.409 e. The summed E-state index contributed by atoms with van der Waals surface area (Å²) in [6.45, 7) is 1.50. The summed E-state index contributed by atoms with van der Waals surface area (Å²) in [5.41, 5.74) is 1.96. The number of aromatic amines is 2. The van der Waals surface area contributed by atoms with Crippen LogP contribution in [0.4, 0.5) is 4.79 Å². The summed E-state index contributed by atoms with van der Waals surface area (Å²) in [6.07, 6.45) is 4.73. The number of hydrogen-bond acceptors (Lipinski definition) is 7. The lowest BCUT2D eigenvalue weighted by Gasteiger charge is -2.38. The van der Waals surface area contributed by atoms with Crippen LogP contribution in [0.1, 0.15) is 60.2 Å². The van der Waals surface area contributed by atoms with E-state index in [2.05, 4.69) is 27.8 Å². The van der Waals surface area contributed by atoms with Crippen molar-refractivity contribution in [1.29, 1.82) is 0 Å². The molecule has 4 aromatic rings. The van der Waals surface area contributed by atoms with Gasteiger partial charge in [-0.25, -0.2) is 4.79 Å². The normalized spacial score (nSPS) is 21.8. The molecule has 2 saturated heterocycles. The van der Waals surface area contributed by atoms with Crippen LogP contribution in [-0.2, 0) is 17.6 Å². The first kappa shape index (κ1) is 31.7. The fourth-order valence-corrected chi connectivity index (χ4v) is 6.33. The Bertz CT molecular complexity index is 1610. The number of carbonyl (C=O) groups is 1. The fourth-order valence-electron chi connectivity index (χ4n) is 6.08. The maximum atomic E-state index is 12.1. The number of methoxy groups -OCH3 is 1. The third-order valence-corrected chi connectivity index (χ3v) is 8.79. The van der Waals surface area contributed by atoms with E-state index in [4.69, 9.17) is 37.0 Å². The molecule has 4 heterocycles. The average molecular weight is 644 g/mol. The maximum absolute atomic E-state index is 12.1. The lowest BCUT2D eigenvalue weighted by Crippen LogP contribution is -2.46. The van der Waals surface area contributed by atoms with Crippen molar-refractivity contribution in [2.45, 2.75) is 62.4 Å². The Morgan fingerprint density at radius 1 is 0.841 bits per heavy atom. The first-order valence-electron chi connectivity index (χ1n) is 14.7. The van der Waals surface area contributed by atoms with Crippen LogP contribution in [0.2, 0.25) is 10.0 Å². The SMILES string of the molecule is COC(=O)N1CCC(c2cc(=O)[nH]o2)CC1Cc1ccc(Cl)cc1.O=c1cc(C2CCNC(Cc3ccc(Cl)cc3)C2)o[nH]1. The van der Waals surface area contributed by atoms with Crippen LogP contribution in [0.15, 0.2) is 79.3 Å². The van der Waals surface area contributed by atoms with Crippen molar-refractivity contribution in [2.24, 2.45) is 0 Å². The molecule has 0 radical (unpaired) electrons. The summed E-state index contributed by atoms with van der Waals surface area (Å²) < 4.78 is 15.4. The van der Waals surface area contributed by atoms with Crippen molar-refractivity contribution >= 4 is 29.3 Å². The first-order valence-corrected chi connectivity index (χ1v) is 15.5. The molecule has 10 nitrogen and oxygen atoms in total. The van der Waals surface area contributed by atoms with Crippen molar-refractivity contribution in [1.82, 2.24) is 20.5 Å². The molecular weight excluding hydrogens is 607 g/mol. The number of aromatic nitrogens is 2. The number of likely N-dealkylation sites (tertiary alicyclic amines) is 1. The topological polar surface area (TPSA) is 134 Å². The molecule has 1 amide bonds. The second kappa shape index (κ2) is 14.8. The Labute approximate surface area is 264 Å². The monoisotopic (exact) mass is 642 g/mol. The van der Waals surface area contributed by atoms with Gasteiger partial charge in [-0.05, 0) is 80.5 Å². The molecule has 0 aliphatic carbocycles. The summed E-state index contributed by atoms with van der Waals surface area (Å²) >= 11 is 11.8. The summed E-state index contributed by atoms with van der Waals surface area (Å²) in [4.78, 5) is 36.3. The third-order valence-electron chi connectivity index (χ3n) is 8.29. The summed E-state index contributed by atoms with van der Waals surface area (Å²) in [6, 6.07) is 19.0. The Balaban J connectivity index is 0.000000177. The zero-order valence-electron chi connectivity index (χ0n) is 24.4. The quantitative estimate of drug-likeness (QED) is 0.239. The van der Waals surface area contributed by atoms with E-state index in [0.717, 1.165) is 48.6 Å². The van der Waals surface area contributed by atoms with Crippen LogP contribution in [0.25, 0.3) is 0 Å². The van der Waals surface area contributed by atoms with Crippen LogP contribution in [0, 0.1) is 0 Å². The third kappa shape index (κ3) is 8.46. The van der Waals surface area contributed by atoms with E-state index in [9.17, 15) is 14.4 Å². The highest BCUT2D eigenvalue weighted by atomic mass is 35.5. The Kier molecular flexibility index (Phi) is 10.7. The van der Waals surface area contributed by atoms with E-state index in [1.54, 1.807) is 11.0 Å². The highest BCUT2D eigenvalue weighted by Crippen LogP contribution is 2.33. The van der Waals surface area contributed by atoms with Crippen LogP contribution < -0.4 is 16.4 Å². The standard InChI is InChI=1S/C17H19ClN2O4.C15H17ClN2O2/c1-23-17(22)20-7-6-12(15-10-16(21)19-24-15)9-14(20)8-11-2-4-13(18)5-3-11;16-12-3-1-10(2-4-12)7-13-8-11(5-6-17-13)14-9-15(19)18-20-14/h2-5,10,12,14H,6-9H2,1H3,(H,19,21);1-4,9,11,13,17H,5-8H2,(H,18,19). The number of hydrogen-bond donors (Lipinski definition) is 3. The van der Waals surface area contributed by atoms with Gasteiger partial charge in [0.15, 0.2) is 0 Å². The summed E-state index contributed by atoms with van der Waals surface area (Å²) in [5.74, 6) is 1.83. The minimum Gasteiger partial charge on any atom is -0.453 e. The minimum absolute atomic E-state index is 0.0300. The fraction of sp³-hybridized carbons (Fsp3) is 0.406. The Morgan fingerprint density at radius 3 is 1.91 bits per heavy atom. The Hall–Kier alpha value is -3.73. The number of piperidine rings is 2. The predicted molar refractivity (Wildman–Crippen MR) is 168 cm³/mol. The first-order chi connectivity index (χ1) is 21.3. The lowest BCUT2D eigenvalue weighted by molar-refractivity contribution is 0.0817. The van der Waals surface area contributed by atoms with Gasteiger partial charge < -0.3 is 24.0 Å². The van der Waals surface area contributed by atoms with Crippen LogP contribution in [-0.4, -0.2) is 53.6 Å². The van der Waals surface area contributed by atoms with Crippen LogP contribution >= 0.6 is 23.2 Å². The van der Waals surface area contributed by atoms with Gasteiger partial charge in [-0.3, -0.25) is 9.59 Å². The van der Waals surface area contributed by atoms with E-state index >= 15 is 0 Å². The number of rotatable bonds is 6. The van der Waals surface area contributed by atoms with Gasteiger partial charge in [0.1, 0.15) is 11.5 Å². The number of nitrogens with one attached hydrogen (secondary N) is 3. The van der Waals surface area contributed by atoms with Crippen molar-refractivity contribution in [3.8, 4) is 0 Å². The van der Waals surface area contributed by atoms with Crippen LogP contribution in [0.3, 0.4) is 0 Å². The van der Waals surface area contributed by atoms with Crippen molar-refractivity contribution in [2.75, 3.05) is 20.2 Å². The molecule has 2 aromatic carbocycles. The molecule has 44 heavy (non-hydrogen) atoms. The van der Waals surface area contributed by atoms with Gasteiger partial charge in [-0.15, -0.1) is 0 Å². The number of carbonyl (C=O) groups excluding carboxylic acids is 1. The number of halogens is 2. The van der Waals surface area contributed by atoms with Gasteiger partial charge in [0.05, 0.1) is 7.11 Å². The molecule has 12 heteroatoms. The minimum atomic E-state index is -0.331. The van der Waals surface area contributed by atoms with Crippen molar-refractivity contribution in [3.63, 3.8) is 0 Å². The zero-order valence-corrected chi connectivity index (χ0v) is 25.9. The van der Waals surface area contributed by atoms with E-state index in [0.29, 0.717) is 42.1 Å². The van der Waals surface area contributed by atoms with Gasteiger partial charge in [-0.1, -0.05) is 47.5 Å². The second-order valence-corrected chi connectivity index (χ2v) is 12.2. The number of H-pyrrole nitrogens is 2. The largest absolute Gasteiger partial charge is 0.453 e. The molecule has 2 aliphatic heterocycles. The van der Waals surface area contributed by atoms with Crippen molar-refractivity contribution < 1.29 is 18.6 Å². The van der Waals surface area contributed by atoms with Crippen LogP contribution in [0.5, 0.6) is 0 Å². The molecule has 3 N–H and O–H groups in total. The van der Waals surface area contributed by atoms with Gasteiger partial charge in [-0.2, -0.15) is 10.3 Å². The molecule has 0 saturated carbocycles. The number of nitrogens with zero attached hydrogens (tertiary/aromatic N) is 1. The van der Waals surface area contributed by atoms with Gasteiger partial charge in [0.2, 0.25) is 0 Å². The van der Waals surface area contributed by atoms with E-state index in [1.807, 2.05) is 36.4 Å². The van der Waals surface area contributed by atoms with Gasteiger partial charge >= 0.3 is 6.09 Å². The van der Waals surface area contributed by atoms with Crippen molar-refractivity contribution in [3.05, 3.63) is 114 Å². The summed E-state index contributed by atoms with van der Waals surface area (Å²) in [7, 11) is 1.39. The molecule has 0 spiro atoms. The molecule has 4 atom stereocenters. The number of ether oxygens (including phenoxy) is 1. The predicted octanol–water partition coefficient (Wildman–Crippen LogP) is 5.88. The van der Waals surface area contributed by atoms with E-state index < -0.39 is 0 Å². The molecular formula is C32H36Cl2N4O6. The van der Waals surface area contributed by atoms with Gasteiger partial charge in [0.25, 0.3) is 11.1 Å². The van der Waals surface area contributed by atoms with E-state index in [1.165, 1.54) is 18.7 Å². The number of amides is 1. The average Bonchev–Trinajstić information content (AvgIpc) is 3.68. The number of benzene rings is 2. The summed E-state index contributed by atoms with van der Waals surface area (Å²) in [5, 5.41) is 9.67. The molecule has 6 rings (SSSR count). The molecule has 0 bridgehead atoms. The lowest BCUT2D eigenvalue weighted by atomic mass is 9.86. The van der Waals surface area contributed by atoms with Gasteiger partial charge in [0, 0.05) is 52.6 Å². The smallest absolute Gasteiger partial charge is 0.409 e.